The maximum absolute atomic E-state index is 14.3. The van der Waals surface area contributed by atoms with E-state index in [0.717, 1.165) is 12.3 Å². The topological polar surface area (TPSA) is 66.1 Å². The van der Waals surface area contributed by atoms with Gasteiger partial charge in [-0.25, -0.2) is 13.2 Å². The number of allylic oxidation sites excluding steroid dienone is 2. The van der Waals surface area contributed by atoms with E-state index in [1.807, 2.05) is 0 Å². The summed E-state index contributed by atoms with van der Waals surface area (Å²) in [5.74, 6) is -3.01. The molecule has 1 amide bonds. The molecule has 0 spiro atoms. The molecule has 0 fully saturated rings. The van der Waals surface area contributed by atoms with Crippen LogP contribution in [0.1, 0.15) is 18.1 Å². The normalized spacial score (nSPS) is 13.6. The van der Waals surface area contributed by atoms with Crippen LogP contribution in [0.5, 0.6) is 0 Å². The molecule has 1 N–H and O–H groups in total. The fourth-order valence-corrected chi connectivity index (χ4v) is 3.50. The van der Waals surface area contributed by atoms with Crippen LogP contribution in [-0.4, -0.2) is 27.3 Å². The molecule has 4 rings (SSSR count). The lowest BCUT2D eigenvalue weighted by atomic mass is 10.0. The van der Waals surface area contributed by atoms with Crippen molar-refractivity contribution in [2.75, 3.05) is 6.54 Å². The molecule has 8 heteroatoms. The van der Waals surface area contributed by atoms with E-state index in [1.54, 1.807) is 18.4 Å². The second-order valence-electron chi connectivity index (χ2n) is 6.97. The number of aromatic nitrogens is 2. The first-order valence-corrected chi connectivity index (χ1v) is 9.12. The molecule has 1 aliphatic heterocycles. The number of nitrogens with one attached hydrogen (secondary N) is 1. The second-order valence-corrected chi connectivity index (χ2v) is 6.97. The van der Waals surface area contributed by atoms with Gasteiger partial charge in [0.05, 0.1) is 24.7 Å². The van der Waals surface area contributed by atoms with Crippen molar-refractivity contribution in [2.24, 2.45) is 0 Å². The van der Waals surface area contributed by atoms with Crippen LogP contribution in [0, 0.1) is 24.4 Å². The van der Waals surface area contributed by atoms with Gasteiger partial charge in [0.15, 0.2) is 11.6 Å². The zero-order valence-corrected chi connectivity index (χ0v) is 15.9. The first-order chi connectivity index (χ1) is 14.3. The van der Waals surface area contributed by atoms with Gasteiger partial charge in [-0.3, -0.25) is 14.6 Å². The monoisotopic (exact) mass is 413 g/mol. The minimum atomic E-state index is -1.07. The maximum atomic E-state index is 14.3. The van der Waals surface area contributed by atoms with Crippen LogP contribution >= 0.6 is 0 Å². The average molecular weight is 413 g/mol. The van der Waals surface area contributed by atoms with Crippen LogP contribution in [0.25, 0.3) is 16.5 Å². The Kier molecular flexibility index (Phi) is 4.99. The van der Waals surface area contributed by atoms with Gasteiger partial charge in [-0.2, -0.15) is 0 Å². The lowest BCUT2D eigenvalue weighted by Gasteiger charge is -2.23. The van der Waals surface area contributed by atoms with Crippen LogP contribution < -0.4 is 5.56 Å². The smallest absolute Gasteiger partial charge is 0.252 e. The van der Waals surface area contributed by atoms with Crippen molar-refractivity contribution in [2.45, 2.75) is 13.3 Å². The third kappa shape index (κ3) is 3.52. The van der Waals surface area contributed by atoms with Crippen LogP contribution in [0.3, 0.4) is 0 Å². The number of amides is 1. The van der Waals surface area contributed by atoms with Crippen LogP contribution in [-0.2, 0) is 11.2 Å². The van der Waals surface area contributed by atoms with Crippen LogP contribution in [0.4, 0.5) is 13.2 Å². The van der Waals surface area contributed by atoms with Crippen molar-refractivity contribution in [1.82, 2.24) is 14.9 Å². The van der Waals surface area contributed by atoms with Crippen molar-refractivity contribution in [1.29, 1.82) is 0 Å². The number of aromatic amines is 1. The third-order valence-corrected chi connectivity index (χ3v) is 5.07. The fourth-order valence-electron chi connectivity index (χ4n) is 3.50. The van der Waals surface area contributed by atoms with Crippen molar-refractivity contribution >= 4 is 22.4 Å². The number of hydrogen-bond donors (Lipinski definition) is 1. The molecule has 0 saturated heterocycles. The lowest BCUT2D eigenvalue weighted by Crippen LogP contribution is -2.32. The summed E-state index contributed by atoms with van der Waals surface area (Å²) in [7, 11) is 0. The second kappa shape index (κ2) is 7.62. The SMILES string of the molecule is Cc1c(CC(=O)N2C=CC=C(c3cncc(F)c3)C2)c(=O)[nH]c2ccc(F)c(F)c12.[HH]. The molecular formula is C22H18F3N3O2. The van der Waals surface area contributed by atoms with Gasteiger partial charge in [0.1, 0.15) is 5.82 Å². The summed E-state index contributed by atoms with van der Waals surface area (Å²) in [5, 5.41) is -0.0574. The minimum absolute atomic E-state index is 0. The highest BCUT2D eigenvalue weighted by Crippen LogP contribution is 2.24. The molecule has 0 bridgehead atoms. The van der Waals surface area contributed by atoms with Gasteiger partial charge < -0.3 is 9.88 Å². The summed E-state index contributed by atoms with van der Waals surface area (Å²) in [6, 6.07) is 3.53. The van der Waals surface area contributed by atoms with Gasteiger partial charge in [-0.15, -0.1) is 0 Å². The molecule has 5 nitrogen and oxygen atoms in total. The molecule has 30 heavy (non-hydrogen) atoms. The molecule has 0 aliphatic carbocycles. The van der Waals surface area contributed by atoms with E-state index in [1.165, 1.54) is 30.2 Å². The first-order valence-electron chi connectivity index (χ1n) is 9.12. The highest BCUT2D eigenvalue weighted by atomic mass is 19.2. The Bertz CT molecular complexity index is 1300. The van der Waals surface area contributed by atoms with Crippen molar-refractivity contribution in [3.05, 3.63) is 93.4 Å². The Hall–Kier alpha value is -3.68. The standard InChI is InChI=1S/C22H16F3N3O2.H2/c1-12-16(22(30)27-18-5-4-17(24)21(25)20(12)18)8-19(29)28-6-2-3-13(11-28)14-7-15(23)10-26-9-14;/h2-7,9-10H,8,11H2,1H3,(H,27,30);1H. The molecule has 0 unspecified atom stereocenters. The number of aryl methyl sites for hydroxylation is 1. The van der Waals surface area contributed by atoms with Crippen molar-refractivity contribution in [3.8, 4) is 0 Å². The largest absolute Gasteiger partial charge is 0.322 e. The highest BCUT2D eigenvalue weighted by molar-refractivity contribution is 5.87. The number of rotatable bonds is 3. The van der Waals surface area contributed by atoms with Gasteiger partial charge >= 0.3 is 0 Å². The number of H-pyrrole nitrogens is 1. The Morgan fingerprint density at radius 2 is 2.07 bits per heavy atom. The molecule has 2 aromatic heterocycles. The average Bonchev–Trinajstić information content (AvgIpc) is 2.73. The van der Waals surface area contributed by atoms with Crippen LogP contribution in [0.15, 0.2) is 53.7 Å². The van der Waals surface area contributed by atoms with E-state index in [-0.39, 0.29) is 36.4 Å². The quantitative estimate of drug-likeness (QED) is 0.709. The number of benzene rings is 1. The molecule has 0 saturated carbocycles. The predicted octanol–water partition coefficient (Wildman–Crippen LogP) is 3.88. The molecule has 0 atom stereocenters. The Morgan fingerprint density at radius 3 is 2.83 bits per heavy atom. The number of nitrogens with zero attached hydrogens (tertiary/aromatic N) is 2. The third-order valence-electron chi connectivity index (χ3n) is 5.07. The van der Waals surface area contributed by atoms with E-state index in [2.05, 4.69) is 9.97 Å². The van der Waals surface area contributed by atoms with Crippen LogP contribution in [0.2, 0.25) is 0 Å². The summed E-state index contributed by atoms with van der Waals surface area (Å²) in [6.45, 7) is 1.65. The molecular weight excluding hydrogens is 395 g/mol. The molecule has 1 aliphatic rings. The lowest BCUT2D eigenvalue weighted by molar-refractivity contribution is -0.127. The first kappa shape index (κ1) is 19.6. The van der Waals surface area contributed by atoms with Gasteiger partial charge in [0, 0.05) is 30.3 Å². The molecule has 154 valence electrons. The predicted molar refractivity (Wildman–Crippen MR) is 108 cm³/mol. The number of halogens is 3. The Balaban J connectivity index is 0.00000272. The van der Waals surface area contributed by atoms with Gasteiger partial charge in [-0.05, 0) is 42.3 Å². The summed E-state index contributed by atoms with van der Waals surface area (Å²) in [6.07, 6.45) is 7.20. The van der Waals surface area contributed by atoms with Gasteiger partial charge in [-0.1, -0.05) is 6.08 Å². The number of fused-ring (bicyclic) bond motifs is 1. The zero-order valence-electron chi connectivity index (χ0n) is 15.9. The van der Waals surface area contributed by atoms with Crippen molar-refractivity contribution < 1.29 is 19.4 Å². The number of hydrogen-bond acceptors (Lipinski definition) is 3. The van der Waals surface area contributed by atoms with Gasteiger partial charge in [0.2, 0.25) is 5.91 Å². The van der Waals surface area contributed by atoms with E-state index in [4.69, 9.17) is 0 Å². The summed E-state index contributed by atoms with van der Waals surface area (Å²) in [5.41, 5.74) is 1.11. The summed E-state index contributed by atoms with van der Waals surface area (Å²) in [4.78, 5) is 33.0. The Labute approximate surface area is 170 Å². The summed E-state index contributed by atoms with van der Waals surface area (Å²) < 4.78 is 41.4. The van der Waals surface area contributed by atoms with E-state index < -0.39 is 28.9 Å². The number of carbonyl (C=O) groups excluding carboxylic acids is 1. The number of carbonyl (C=O) groups is 1. The summed E-state index contributed by atoms with van der Waals surface area (Å²) >= 11 is 0. The fraction of sp³-hybridized carbons (Fsp3) is 0.136. The van der Waals surface area contributed by atoms with E-state index in [0.29, 0.717) is 11.1 Å². The number of pyridine rings is 2. The molecule has 1 aromatic carbocycles. The van der Waals surface area contributed by atoms with Gasteiger partial charge in [0.25, 0.3) is 5.56 Å². The van der Waals surface area contributed by atoms with E-state index in [9.17, 15) is 22.8 Å². The minimum Gasteiger partial charge on any atom is -0.322 e. The molecule has 3 heterocycles. The Morgan fingerprint density at radius 1 is 1.27 bits per heavy atom. The molecule has 0 radical (unpaired) electrons. The highest BCUT2D eigenvalue weighted by Gasteiger charge is 2.21. The zero-order chi connectivity index (χ0) is 21.4. The molecule has 3 aromatic rings. The van der Waals surface area contributed by atoms with E-state index >= 15 is 0 Å². The van der Waals surface area contributed by atoms with Crippen molar-refractivity contribution in [3.63, 3.8) is 0 Å². The maximum Gasteiger partial charge on any atom is 0.252 e.